The Balaban J connectivity index is 3.97. The second kappa shape index (κ2) is 5.10. The predicted octanol–water partition coefficient (Wildman–Crippen LogP) is 0.478. The first kappa shape index (κ1) is 13.1. The fourth-order valence-corrected chi connectivity index (χ4v) is 1.24. The lowest BCUT2D eigenvalue weighted by atomic mass is 10.3. The molecule has 0 spiro atoms. The van der Waals surface area contributed by atoms with Gasteiger partial charge in [-0.05, 0) is 0 Å². The zero-order valence-corrected chi connectivity index (χ0v) is 9.83. The van der Waals surface area contributed by atoms with Gasteiger partial charge < -0.3 is 4.48 Å². The van der Waals surface area contributed by atoms with Crippen LogP contribution < -0.4 is 0 Å². The van der Waals surface area contributed by atoms with Crippen molar-refractivity contribution in [1.82, 2.24) is 4.90 Å². The van der Waals surface area contributed by atoms with Crippen molar-refractivity contribution in [2.45, 2.75) is 20.3 Å². The van der Waals surface area contributed by atoms with E-state index in [2.05, 4.69) is 21.1 Å². The monoisotopic (exact) mass is 201 g/mol. The van der Waals surface area contributed by atoms with Gasteiger partial charge in [-0.15, -0.1) is 0 Å². The lowest BCUT2D eigenvalue weighted by molar-refractivity contribution is -0.870. The van der Waals surface area contributed by atoms with Crippen LogP contribution in [-0.4, -0.2) is 55.4 Å². The number of amides is 2. The van der Waals surface area contributed by atoms with Gasteiger partial charge in [0.1, 0.15) is 0 Å². The molecule has 0 heterocycles. The van der Waals surface area contributed by atoms with Crippen LogP contribution in [0.5, 0.6) is 0 Å². The molecule has 0 aromatic rings. The molecule has 0 aliphatic carbocycles. The molecule has 0 saturated carbocycles. The summed E-state index contributed by atoms with van der Waals surface area (Å²) in [6.07, 6.45) is 0.850. The average molecular weight is 201 g/mol. The SMILES string of the molecule is CC(=O)N(CCC[N+](C)(C)C)C(C)=O. The molecule has 2 amide bonds. The highest BCUT2D eigenvalue weighted by atomic mass is 16.2. The minimum absolute atomic E-state index is 0.168. The molecule has 0 radical (unpaired) electrons. The van der Waals surface area contributed by atoms with Gasteiger partial charge >= 0.3 is 0 Å². The van der Waals surface area contributed by atoms with E-state index in [9.17, 15) is 9.59 Å². The lowest BCUT2D eigenvalue weighted by Gasteiger charge is -2.25. The maximum atomic E-state index is 11.0. The van der Waals surface area contributed by atoms with Gasteiger partial charge in [0.05, 0.1) is 27.7 Å². The van der Waals surface area contributed by atoms with Crippen molar-refractivity contribution in [3.63, 3.8) is 0 Å². The van der Waals surface area contributed by atoms with E-state index in [0.29, 0.717) is 6.54 Å². The highest BCUT2D eigenvalue weighted by Crippen LogP contribution is 1.98. The lowest BCUT2D eigenvalue weighted by Crippen LogP contribution is -2.39. The van der Waals surface area contributed by atoms with Gasteiger partial charge in [-0.25, -0.2) is 0 Å². The van der Waals surface area contributed by atoms with E-state index < -0.39 is 0 Å². The van der Waals surface area contributed by atoms with E-state index in [-0.39, 0.29) is 11.8 Å². The van der Waals surface area contributed by atoms with Crippen molar-refractivity contribution in [2.24, 2.45) is 0 Å². The standard InChI is InChI=1S/C10H21N2O2/c1-9(13)11(10(2)14)7-6-8-12(3,4)5/h6-8H2,1-5H3/q+1. The van der Waals surface area contributed by atoms with Crippen molar-refractivity contribution in [2.75, 3.05) is 34.2 Å². The maximum Gasteiger partial charge on any atom is 0.226 e. The maximum absolute atomic E-state index is 11.0. The van der Waals surface area contributed by atoms with Crippen molar-refractivity contribution in [3.8, 4) is 0 Å². The molecule has 0 bridgehead atoms. The number of quaternary nitrogens is 1. The van der Waals surface area contributed by atoms with Crippen LogP contribution in [0.2, 0.25) is 0 Å². The van der Waals surface area contributed by atoms with Crippen LogP contribution in [-0.2, 0) is 9.59 Å². The average Bonchev–Trinajstić information content (AvgIpc) is 1.94. The molecule has 14 heavy (non-hydrogen) atoms. The molecule has 0 atom stereocenters. The van der Waals surface area contributed by atoms with Gasteiger partial charge in [-0.1, -0.05) is 0 Å². The molecule has 4 nitrogen and oxygen atoms in total. The van der Waals surface area contributed by atoms with Gasteiger partial charge in [0.2, 0.25) is 11.8 Å². The van der Waals surface area contributed by atoms with Crippen LogP contribution in [0.15, 0.2) is 0 Å². The first-order valence-electron chi connectivity index (χ1n) is 4.83. The summed E-state index contributed by atoms with van der Waals surface area (Å²) in [6.45, 7) is 4.33. The molecule has 0 N–H and O–H groups in total. The number of hydrogen-bond acceptors (Lipinski definition) is 2. The van der Waals surface area contributed by atoms with Gasteiger partial charge in [0.15, 0.2) is 0 Å². The summed E-state index contributed by atoms with van der Waals surface area (Å²) in [4.78, 5) is 23.4. The van der Waals surface area contributed by atoms with Crippen LogP contribution in [0.3, 0.4) is 0 Å². The summed E-state index contributed by atoms with van der Waals surface area (Å²) in [6, 6.07) is 0. The Morgan fingerprint density at radius 1 is 1.07 bits per heavy atom. The summed E-state index contributed by atoms with van der Waals surface area (Å²) >= 11 is 0. The smallest absolute Gasteiger partial charge is 0.226 e. The minimum atomic E-state index is -0.168. The summed E-state index contributed by atoms with van der Waals surface area (Å²) in [5, 5.41) is 0. The molecule has 0 aromatic heterocycles. The fraction of sp³-hybridized carbons (Fsp3) is 0.800. The Morgan fingerprint density at radius 2 is 1.50 bits per heavy atom. The van der Waals surface area contributed by atoms with Gasteiger partial charge in [0.25, 0.3) is 0 Å². The van der Waals surface area contributed by atoms with E-state index in [1.807, 2.05) is 0 Å². The minimum Gasteiger partial charge on any atom is -0.331 e. The van der Waals surface area contributed by atoms with E-state index in [1.165, 1.54) is 18.7 Å². The second-order valence-corrected chi connectivity index (χ2v) is 4.56. The Morgan fingerprint density at radius 3 is 1.79 bits per heavy atom. The normalized spacial score (nSPS) is 11.2. The van der Waals surface area contributed by atoms with Crippen LogP contribution >= 0.6 is 0 Å². The number of imide groups is 1. The topological polar surface area (TPSA) is 37.4 Å². The Hall–Kier alpha value is -0.900. The van der Waals surface area contributed by atoms with Crippen LogP contribution in [0.1, 0.15) is 20.3 Å². The molecule has 0 aliphatic heterocycles. The third-order valence-corrected chi connectivity index (χ3v) is 1.97. The van der Waals surface area contributed by atoms with E-state index >= 15 is 0 Å². The van der Waals surface area contributed by atoms with Crippen LogP contribution in [0.4, 0.5) is 0 Å². The highest BCUT2D eigenvalue weighted by Gasteiger charge is 2.14. The molecular weight excluding hydrogens is 180 g/mol. The zero-order chi connectivity index (χ0) is 11.4. The van der Waals surface area contributed by atoms with Crippen molar-refractivity contribution in [3.05, 3.63) is 0 Å². The van der Waals surface area contributed by atoms with E-state index in [0.717, 1.165) is 17.4 Å². The third kappa shape index (κ3) is 5.70. The Labute approximate surface area is 86.1 Å². The molecule has 0 aromatic carbocycles. The molecule has 0 fully saturated rings. The number of carbonyl (C=O) groups excluding carboxylic acids is 2. The van der Waals surface area contributed by atoms with Gasteiger partial charge in [-0.3, -0.25) is 14.5 Å². The summed E-state index contributed by atoms with van der Waals surface area (Å²) < 4.78 is 0.851. The summed E-state index contributed by atoms with van der Waals surface area (Å²) in [5.74, 6) is -0.335. The quantitative estimate of drug-likeness (QED) is 0.620. The molecule has 4 heteroatoms. The molecule has 0 rings (SSSR count). The number of hydrogen-bond donors (Lipinski definition) is 0. The van der Waals surface area contributed by atoms with E-state index in [1.54, 1.807) is 0 Å². The van der Waals surface area contributed by atoms with Crippen LogP contribution in [0, 0.1) is 0 Å². The van der Waals surface area contributed by atoms with Gasteiger partial charge in [-0.2, -0.15) is 0 Å². The number of carbonyl (C=O) groups is 2. The zero-order valence-electron chi connectivity index (χ0n) is 9.83. The molecule has 0 aliphatic rings. The van der Waals surface area contributed by atoms with Crippen molar-refractivity contribution >= 4 is 11.8 Å². The van der Waals surface area contributed by atoms with E-state index in [4.69, 9.17) is 0 Å². The number of rotatable bonds is 4. The molecule has 82 valence electrons. The highest BCUT2D eigenvalue weighted by molar-refractivity contribution is 5.92. The summed E-state index contributed by atoms with van der Waals surface area (Å²) in [7, 11) is 6.27. The van der Waals surface area contributed by atoms with Crippen molar-refractivity contribution in [1.29, 1.82) is 0 Å². The molecule has 0 unspecified atom stereocenters. The van der Waals surface area contributed by atoms with Crippen LogP contribution in [0.25, 0.3) is 0 Å². The molecular formula is C10H21N2O2+. The number of nitrogens with zero attached hydrogens (tertiary/aromatic N) is 2. The first-order valence-corrected chi connectivity index (χ1v) is 4.83. The fourth-order valence-electron chi connectivity index (χ4n) is 1.24. The summed E-state index contributed by atoms with van der Waals surface area (Å²) in [5.41, 5.74) is 0. The second-order valence-electron chi connectivity index (χ2n) is 4.56. The Bertz CT molecular complexity index is 205. The molecule has 0 saturated heterocycles. The van der Waals surface area contributed by atoms with Gasteiger partial charge in [0, 0.05) is 26.8 Å². The van der Waals surface area contributed by atoms with Crippen molar-refractivity contribution < 1.29 is 14.1 Å². The Kier molecular flexibility index (Phi) is 4.77. The first-order chi connectivity index (χ1) is 6.24. The third-order valence-electron chi connectivity index (χ3n) is 1.97. The largest absolute Gasteiger partial charge is 0.331 e. The predicted molar refractivity (Wildman–Crippen MR) is 55.6 cm³/mol.